The number of hydrogen-bond donors (Lipinski definition) is 1. The fraction of sp³-hybridized carbons (Fsp3) is 0.100. The number of carboxylic acid groups (broad SMARTS) is 1. The van der Waals surface area contributed by atoms with Crippen LogP contribution in [0.15, 0.2) is 24.5 Å². The molecule has 4 nitrogen and oxygen atoms in total. The molecular weight excluding hydrogens is 180 g/mol. The van der Waals surface area contributed by atoms with Crippen LogP contribution in [-0.4, -0.2) is 21.0 Å². The minimum Gasteiger partial charge on any atom is -0.478 e. The highest BCUT2D eigenvalue weighted by atomic mass is 16.4. The molecule has 0 atom stereocenters. The fourth-order valence-electron chi connectivity index (χ4n) is 1.39. The van der Waals surface area contributed by atoms with Crippen LogP contribution in [0, 0.1) is 6.92 Å². The molecule has 0 saturated carbocycles. The molecule has 4 heteroatoms. The average Bonchev–Trinajstić information content (AvgIpc) is 2.17. The Morgan fingerprint density at radius 1 is 1.36 bits per heavy atom. The van der Waals surface area contributed by atoms with Crippen molar-refractivity contribution in [1.29, 1.82) is 0 Å². The first-order chi connectivity index (χ1) is 6.70. The minimum absolute atomic E-state index is 0.216. The summed E-state index contributed by atoms with van der Waals surface area (Å²) in [6.45, 7) is 1.83. The number of hydrogen-bond acceptors (Lipinski definition) is 3. The van der Waals surface area contributed by atoms with Crippen molar-refractivity contribution in [2.45, 2.75) is 6.92 Å². The van der Waals surface area contributed by atoms with E-state index in [2.05, 4.69) is 9.97 Å². The van der Waals surface area contributed by atoms with Crippen LogP contribution in [0.5, 0.6) is 0 Å². The Kier molecular flexibility index (Phi) is 1.89. The van der Waals surface area contributed by atoms with E-state index >= 15 is 0 Å². The van der Waals surface area contributed by atoms with Gasteiger partial charge in [-0.05, 0) is 13.0 Å². The van der Waals surface area contributed by atoms with Crippen LogP contribution in [0.1, 0.15) is 16.1 Å². The molecule has 70 valence electrons. The van der Waals surface area contributed by atoms with E-state index in [-0.39, 0.29) is 5.56 Å². The quantitative estimate of drug-likeness (QED) is 0.738. The van der Waals surface area contributed by atoms with Gasteiger partial charge in [0.25, 0.3) is 0 Å². The van der Waals surface area contributed by atoms with Crippen LogP contribution in [-0.2, 0) is 0 Å². The summed E-state index contributed by atoms with van der Waals surface area (Å²) in [5.74, 6) is -0.964. The third kappa shape index (κ3) is 1.21. The Bertz CT molecular complexity index is 508. The molecular formula is C10H8N2O2. The molecule has 2 rings (SSSR count). The third-order valence-corrected chi connectivity index (χ3v) is 2.09. The van der Waals surface area contributed by atoms with Gasteiger partial charge in [0.1, 0.15) is 6.33 Å². The topological polar surface area (TPSA) is 63.1 Å². The molecule has 0 aliphatic carbocycles. The lowest BCUT2D eigenvalue weighted by molar-refractivity contribution is 0.0699. The molecule has 1 heterocycles. The van der Waals surface area contributed by atoms with Crippen molar-refractivity contribution in [3.05, 3.63) is 35.8 Å². The largest absolute Gasteiger partial charge is 0.478 e. The Morgan fingerprint density at radius 3 is 2.86 bits per heavy atom. The van der Waals surface area contributed by atoms with Gasteiger partial charge >= 0.3 is 5.97 Å². The number of benzene rings is 1. The predicted octanol–water partition coefficient (Wildman–Crippen LogP) is 1.64. The summed E-state index contributed by atoms with van der Waals surface area (Å²) in [5, 5.41) is 9.70. The number of aromatic carboxylic acids is 1. The molecule has 1 aromatic heterocycles. The van der Waals surface area contributed by atoms with Gasteiger partial charge in [0.2, 0.25) is 0 Å². The molecule has 0 spiro atoms. The van der Waals surface area contributed by atoms with E-state index in [0.29, 0.717) is 5.52 Å². The third-order valence-electron chi connectivity index (χ3n) is 2.09. The molecule has 2 aromatic rings. The summed E-state index contributed by atoms with van der Waals surface area (Å²) < 4.78 is 0. The Hall–Kier alpha value is -1.97. The Morgan fingerprint density at radius 2 is 2.14 bits per heavy atom. The van der Waals surface area contributed by atoms with E-state index in [4.69, 9.17) is 5.11 Å². The van der Waals surface area contributed by atoms with Crippen molar-refractivity contribution >= 4 is 16.9 Å². The molecule has 0 aliphatic heterocycles. The van der Waals surface area contributed by atoms with Gasteiger partial charge in [0.15, 0.2) is 0 Å². The number of aromatic nitrogens is 2. The highest BCUT2D eigenvalue weighted by Crippen LogP contribution is 2.17. The average molecular weight is 188 g/mol. The smallest absolute Gasteiger partial charge is 0.337 e. The van der Waals surface area contributed by atoms with Crippen LogP contribution >= 0.6 is 0 Å². The van der Waals surface area contributed by atoms with E-state index in [0.717, 1.165) is 11.1 Å². The van der Waals surface area contributed by atoms with Crippen LogP contribution in [0.4, 0.5) is 0 Å². The SMILES string of the molecule is Cc1ncnc2c(C(=O)O)cccc12. The number of nitrogens with zero attached hydrogens (tertiary/aromatic N) is 2. The van der Waals surface area contributed by atoms with E-state index < -0.39 is 5.97 Å². The van der Waals surface area contributed by atoms with Crippen molar-refractivity contribution in [3.63, 3.8) is 0 Å². The van der Waals surface area contributed by atoms with Crippen LogP contribution in [0.25, 0.3) is 10.9 Å². The summed E-state index contributed by atoms with van der Waals surface area (Å²) in [6, 6.07) is 5.05. The number of carboxylic acids is 1. The highest BCUT2D eigenvalue weighted by Gasteiger charge is 2.09. The van der Waals surface area contributed by atoms with Gasteiger partial charge in [-0.15, -0.1) is 0 Å². The zero-order valence-corrected chi connectivity index (χ0v) is 7.56. The lowest BCUT2D eigenvalue weighted by Gasteiger charge is -2.02. The summed E-state index contributed by atoms with van der Waals surface area (Å²) in [7, 11) is 0. The summed E-state index contributed by atoms with van der Waals surface area (Å²) in [4.78, 5) is 18.8. The molecule has 0 amide bonds. The summed E-state index contributed by atoms with van der Waals surface area (Å²) >= 11 is 0. The predicted molar refractivity (Wildman–Crippen MR) is 51.2 cm³/mol. The van der Waals surface area contributed by atoms with Crippen LogP contribution < -0.4 is 0 Å². The normalized spacial score (nSPS) is 10.4. The van der Waals surface area contributed by atoms with Crippen LogP contribution in [0.3, 0.4) is 0 Å². The zero-order chi connectivity index (χ0) is 10.1. The van der Waals surface area contributed by atoms with Crippen LogP contribution in [0.2, 0.25) is 0 Å². The van der Waals surface area contributed by atoms with E-state index in [1.807, 2.05) is 13.0 Å². The molecule has 1 aromatic carbocycles. The number of para-hydroxylation sites is 1. The summed E-state index contributed by atoms with van der Waals surface area (Å²) in [5.41, 5.74) is 1.50. The second-order valence-electron chi connectivity index (χ2n) is 2.97. The Balaban J connectivity index is 2.88. The van der Waals surface area contributed by atoms with Crippen molar-refractivity contribution < 1.29 is 9.90 Å². The number of aryl methyl sites for hydroxylation is 1. The van der Waals surface area contributed by atoms with Gasteiger partial charge < -0.3 is 5.11 Å². The lowest BCUT2D eigenvalue weighted by Crippen LogP contribution is -1.99. The second-order valence-corrected chi connectivity index (χ2v) is 2.97. The maximum absolute atomic E-state index is 10.9. The first-order valence-corrected chi connectivity index (χ1v) is 4.14. The van der Waals surface area contributed by atoms with Crippen molar-refractivity contribution in [2.75, 3.05) is 0 Å². The highest BCUT2D eigenvalue weighted by molar-refractivity contribution is 6.02. The first kappa shape index (κ1) is 8.62. The molecule has 1 N–H and O–H groups in total. The van der Waals surface area contributed by atoms with Gasteiger partial charge in [-0.3, -0.25) is 0 Å². The molecule has 0 aliphatic rings. The van der Waals surface area contributed by atoms with Gasteiger partial charge in [-0.1, -0.05) is 12.1 Å². The Labute approximate surface area is 80.2 Å². The van der Waals surface area contributed by atoms with E-state index in [9.17, 15) is 4.79 Å². The second kappa shape index (κ2) is 3.06. The molecule has 0 saturated heterocycles. The number of carbonyl (C=O) groups is 1. The monoisotopic (exact) mass is 188 g/mol. The molecule has 0 unspecified atom stereocenters. The number of fused-ring (bicyclic) bond motifs is 1. The van der Waals surface area contributed by atoms with Gasteiger partial charge in [-0.2, -0.15) is 0 Å². The fourth-order valence-corrected chi connectivity index (χ4v) is 1.39. The minimum atomic E-state index is -0.964. The van der Waals surface area contributed by atoms with Crippen molar-refractivity contribution in [3.8, 4) is 0 Å². The standard InChI is InChI=1S/C10H8N2O2/c1-6-7-3-2-4-8(10(13)14)9(7)12-5-11-6/h2-5H,1H3,(H,13,14). The number of rotatable bonds is 1. The first-order valence-electron chi connectivity index (χ1n) is 4.14. The molecule has 14 heavy (non-hydrogen) atoms. The van der Waals surface area contributed by atoms with Gasteiger partial charge in [0, 0.05) is 11.1 Å². The van der Waals surface area contributed by atoms with E-state index in [1.54, 1.807) is 6.07 Å². The maximum Gasteiger partial charge on any atom is 0.337 e. The lowest BCUT2D eigenvalue weighted by atomic mass is 10.1. The molecule has 0 radical (unpaired) electrons. The molecule has 0 bridgehead atoms. The van der Waals surface area contributed by atoms with Crippen molar-refractivity contribution in [1.82, 2.24) is 9.97 Å². The summed E-state index contributed by atoms with van der Waals surface area (Å²) in [6.07, 6.45) is 1.38. The van der Waals surface area contributed by atoms with Gasteiger partial charge in [0.05, 0.1) is 11.1 Å². The van der Waals surface area contributed by atoms with Gasteiger partial charge in [-0.25, -0.2) is 14.8 Å². The molecule has 0 fully saturated rings. The zero-order valence-electron chi connectivity index (χ0n) is 7.56. The van der Waals surface area contributed by atoms with Crippen molar-refractivity contribution in [2.24, 2.45) is 0 Å². The van der Waals surface area contributed by atoms with E-state index in [1.165, 1.54) is 12.4 Å². The maximum atomic E-state index is 10.9.